The van der Waals surface area contributed by atoms with Crippen LogP contribution in [0.3, 0.4) is 0 Å². The monoisotopic (exact) mass is 264 g/mol. The van der Waals surface area contributed by atoms with E-state index < -0.39 is 0 Å². The van der Waals surface area contributed by atoms with E-state index in [2.05, 4.69) is 5.32 Å². The Balaban J connectivity index is 2.36. The molecular weight excluding hydrogens is 240 g/mol. The largest absolute Gasteiger partial charge is 0.493 e. The lowest BCUT2D eigenvalue weighted by Gasteiger charge is -2.10. The molecule has 1 aromatic rings. The number of para-hydroxylation sites is 1. The van der Waals surface area contributed by atoms with Crippen LogP contribution < -0.4 is 15.8 Å². The van der Waals surface area contributed by atoms with Crippen molar-refractivity contribution in [1.29, 1.82) is 0 Å². The van der Waals surface area contributed by atoms with Crippen molar-refractivity contribution in [3.63, 3.8) is 0 Å². The molecule has 106 valence electrons. The molecule has 0 saturated carbocycles. The number of amides is 1. The quantitative estimate of drug-likeness (QED) is 0.673. The number of unbranched alkanes of at least 4 members (excludes halogenated alkanes) is 3. The van der Waals surface area contributed by atoms with Gasteiger partial charge in [0, 0.05) is 6.54 Å². The van der Waals surface area contributed by atoms with Crippen LogP contribution in [0.2, 0.25) is 0 Å². The van der Waals surface area contributed by atoms with E-state index in [1.54, 1.807) is 6.07 Å². The molecule has 0 aliphatic rings. The first-order chi connectivity index (χ1) is 9.29. The summed E-state index contributed by atoms with van der Waals surface area (Å²) >= 11 is 0. The average molecular weight is 264 g/mol. The zero-order chi connectivity index (χ0) is 13.9. The number of nitrogens with one attached hydrogen (secondary N) is 1. The van der Waals surface area contributed by atoms with Gasteiger partial charge in [-0.2, -0.15) is 0 Å². The Labute approximate surface area is 115 Å². The first-order valence-corrected chi connectivity index (χ1v) is 6.99. The smallest absolute Gasteiger partial charge is 0.255 e. The van der Waals surface area contributed by atoms with Gasteiger partial charge in [-0.05, 0) is 38.4 Å². The molecule has 0 radical (unpaired) electrons. The Bertz CT molecular complexity index is 380. The molecule has 0 bridgehead atoms. The predicted octanol–water partition coefficient (Wildman–Crippen LogP) is 2.33. The highest BCUT2D eigenvalue weighted by Gasteiger charge is 2.10. The van der Waals surface area contributed by atoms with Crippen molar-refractivity contribution in [1.82, 2.24) is 5.32 Å². The van der Waals surface area contributed by atoms with Crippen molar-refractivity contribution in [2.75, 3.05) is 19.7 Å². The molecule has 0 aliphatic heterocycles. The fourth-order valence-electron chi connectivity index (χ4n) is 1.86. The highest BCUT2D eigenvalue weighted by molar-refractivity contribution is 5.96. The van der Waals surface area contributed by atoms with E-state index >= 15 is 0 Å². The Morgan fingerprint density at radius 3 is 2.68 bits per heavy atom. The molecule has 19 heavy (non-hydrogen) atoms. The second-order valence-electron chi connectivity index (χ2n) is 4.39. The van der Waals surface area contributed by atoms with Gasteiger partial charge in [0.05, 0.1) is 12.2 Å². The number of nitrogens with two attached hydrogens (primary N) is 1. The number of rotatable bonds is 9. The van der Waals surface area contributed by atoms with Gasteiger partial charge < -0.3 is 15.8 Å². The molecule has 0 unspecified atom stereocenters. The molecule has 0 aliphatic carbocycles. The summed E-state index contributed by atoms with van der Waals surface area (Å²) in [4.78, 5) is 12.0. The molecule has 1 aromatic carbocycles. The summed E-state index contributed by atoms with van der Waals surface area (Å²) < 4.78 is 5.44. The molecule has 0 aromatic heterocycles. The molecule has 0 heterocycles. The molecule has 0 spiro atoms. The highest BCUT2D eigenvalue weighted by Crippen LogP contribution is 2.17. The van der Waals surface area contributed by atoms with Crippen LogP contribution in [0.4, 0.5) is 0 Å². The zero-order valence-corrected chi connectivity index (χ0v) is 11.7. The van der Waals surface area contributed by atoms with Crippen LogP contribution >= 0.6 is 0 Å². The summed E-state index contributed by atoms with van der Waals surface area (Å²) in [6, 6.07) is 7.32. The summed E-state index contributed by atoms with van der Waals surface area (Å²) in [5.41, 5.74) is 6.03. The van der Waals surface area contributed by atoms with Gasteiger partial charge in [0.25, 0.3) is 5.91 Å². The fourth-order valence-corrected chi connectivity index (χ4v) is 1.86. The topological polar surface area (TPSA) is 64.3 Å². The molecule has 0 fully saturated rings. The number of ether oxygens (including phenoxy) is 1. The minimum Gasteiger partial charge on any atom is -0.493 e. The molecular formula is C15H24N2O2. The molecule has 1 rings (SSSR count). The van der Waals surface area contributed by atoms with Crippen LogP contribution in [0.5, 0.6) is 5.75 Å². The first kappa shape index (κ1) is 15.5. The molecule has 3 N–H and O–H groups in total. The van der Waals surface area contributed by atoms with E-state index in [-0.39, 0.29) is 5.91 Å². The second kappa shape index (κ2) is 9.39. The fraction of sp³-hybridized carbons (Fsp3) is 0.533. The molecule has 0 atom stereocenters. The normalized spacial score (nSPS) is 10.2. The Hall–Kier alpha value is -1.55. The maximum Gasteiger partial charge on any atom is 0.255 e. The lowest BCUT2D eigenvalue weighted by Crippen LogP contribution is -2.25. The number of hydrogen-bond donors (Lipinski definition) is 2. The molecule has 0 saturated heterocycles. The lowest BCUT2D eigenvalue weighted by atomic mass is 10.1. The second-order valence-corrected chi connectivity index (χ2v) is 4.39. The van der Waals surface area contributed by atoms with Crippen molar-refractivity contribution in [2.45, 2.75) is 32.6 Å². The van der Waals surface area contributed by atoms with E-state index in [4.69, 9.17) is 10.5 Å². The van der Waals surface area contributed by atoms with Gasteiger partial charge in [0.1, 0.15) is 5.75 Å². The number of hydrogen-bond acceptors (Lipinski definition) is 3. The van der Waals surface area contributed by atoms with Gasteiger partial charge in [-0.3, -0.25) is 4.79 Å². The third kappa shape index (κ3) is 5.75. The maximum atomic E-state index is 12.0. The van der Waals surface area contributed by atoms with Crippen LogP contribution in [0.15, 0.2) is 24.3 Å². The van der Waals surface area contributed by atoms with Crippen molar-refractivity contribution in [2.24, 2.45) is 5.73 Å². The number of carbonyl (C=O) groups is 1. The Morgan fingerprint density at radius 1 is 1.21 bits per heavy atom. The van der Waals surface area contributed by atoms with Gasteiger partial charge in [-0.15, -0.1) is 0 Å². The van der Waals surface area contributed by atoms with Crippen LogP contribution in [0.1, 0.15) is 43.0 Å². The summed E-state index contributed by atoms with van der Waals surface area (Å²) in [5, 5.41) is 2.92. The van der Waals surface area contributed by atoms with Crippen LogP contribution in [-0.2, 0) is 0 Å². The number of carbonyl (C=O) groups excluding carboxylic acids is 1. The molecule has 1 amide bonds. The van der Waals surface area contributed by atoms with Crippen LogP contribution in [0.25, 0.3) is 0 Å². The van der Waals surface area contributed by atoms with Crippen molar-refractivity contribution < 1.29 is 9.53 Å². The summed E-state index contributed by atoms with van der Waals surface area (Å²) in [6.07, 6.45) is 4.27. The zero-order valence-electron chi connectivity index (χ0n) is 11.7. The summed E-state index contributed by atoms with van der Waals surface area (Å²) in [5.74, 6) is 0.577. The van der Waals surface area contributed by atoms with Gasteiger partial charge >= 0.3 is 0 Å². The minimum atomic E-state index is -0.0668. The van der Waals surface area contributed by atoms with Crippen LogP contribution in [-0.4, -0.2) is 25.6 Å². The third-order valence-corrected chi connectivity index (χ3v) is 2.85. The Kier molecular flexibility index (Phi) is 7.66. The van der Waals surface area contributed by atoms with Crippen molar-refractivity contribution >= 4 is 5.91 Å². The van der Waals surface area contributed by atoms with Gasteiger partial charge in [-0.1, -0.05) is 25.0 Å². The average Bonchev–Trinajstić information content (AvgIpc) is 2.43. The first-order valence-electron chi connectivity index (χ1n) is 6.99. The SMILES string of the molecule is CCOc1ccccc1C(=O)NCCCCCCN. The van der Waals surface area contributed by atoms with E-state index in [9.17, 15) is 4.79 Å². The van der Waals surface area contributed by atoms with Gasteiger partial charge in [-0.25, -0.2) is 0 Å². The molecule has 4 nitrogen and oxygen atoms in total. The third-order valence-electron chi connectivity index (χ3n) is 2.85. The maximum absolute atomic E-state index is 12.0. The van der Waals surface area contributed by atoms with E-state index in [0.29, 0.717) is 24.5 Å². The summed E-state index contributed by atoms with van der Waals surface area (Å²) in [6.45, 7) is 3.91. The van der Waals surface area contributed by atoms with Crippen molar-refractivity contribution in [3.05, 3.63) is 29.8 Å². The van der Waals surface area contributed by atoms with E-state index in [1.807, 2.05) is 25.1 Å². The summed E-state index contributed by atoms with van der Waals surface area (Å²) in [7, 11) is 0. The Morgan fingerprint density at radius 2 is 1.95 bits per heavy atom. The highest BCUT2D eigenvalue weighted by atomic mass is 16.5. The van der Waals surface area contributed by atoms with Crippen LogP contribution in [0, 0.1) is 0 Å². The lowest BCUT2D eigenvalue weighted by molar-refractivity contribution is 0.0949. The standard InChI is InChI=1S/C15H24N2O2/c1-2-19-14-10-6-5-9-13(14)15(18)17-12-8-4-3-7-11-16/h5-6,9-10H,2-4,7-8,11-12,16H2,1H3,(H,17,18). The molecule has 4 heteroatoms. The van der Waals surface area contributed by atoms with Crippen molar-refractivity contribution in [3.8, 4) is 5.75 Å². The van der Waals surface area contributed by atoms with E-state index in [1.165, 1.54) is 0 Å². The van der Waals surface area contributed by atoms with E-state index in [0.717, 1.165) is 32.2 Å². The predicted molar refractivity (Wildman–Crippen MR) is 77.5 cm³/mol. The van der Waals surface area contributed by atoms with Gasteiger partial charge in [0.15, 0.2) is 0 Å². The number of benzene rings is 1. The van der Waals surface area contributed by atoms with Gasteiger partial charge in [0.2, 0.25) is 0 Å². The minimum absolute atomic E-state index is 0.0668.